The highest BCUT2D eigenvalue weighted by Gasteiger charge is 2.11. The van der Waals surface area contributed by atoms with E-state index >= 15 is 0 Å². The Morgan fingerprint density at radius 3 is 2.43 bits per heavy atom. The second kappa shape index (κ2) is 4.77. The molecule has 0 aliphatic carbocycles. The van der Waals surface area contributed by atoms with Crippen LogP contribution in [0.5, 0.6) is 0 Å². The number of benzene rings is 1. The van der Waals surface area contributed by atoms with E-state index in [4.69, 9.17) is 6.42 Å². The van der Waals surface area contributed by atoms with Gasteiger partial charge in [0.2, 0.25) is 10.0 Å². The maximum Gasteiger partial charge on any atom is 0.241 e. The van der Waals surface area contributed by atoms with Crippen LogP contribution in [0, 0.1) is 15.9 Å². The Morgan fingerprint density at radius 1 is 1.36 bits per heavy atom. The molecule has 0 heterocycles. The zero-order chi connectivity index (χ0) is 10.6. The lowest BCUT2D eigenvalue weighted by Crippen LogP contribution is -2.23. The van der Waals surface area contributed by atoms with Crippen molar-refractivity contribution in [1.29, 1.82) is 0 Å². The molecule has 0 bridgehead atoms. The summed E-state index contributed by atoms with van der Waals surface area (Å²) >= 11 is 2.11. The average Bonchev–Trinajstić information content (AvgIpc) is 2.16. The second-order valence-electron chi connectivity index (χ2n) is 2.48. The van der Waals surface area contributed by atoms with Crippen molar-refractivity contribution < 1.29 is 8.42 Å². The van der Waals surface area contributed by atoms with Crippen LogP contribution in [0.25, 0.3) is 0 Å². The molecule has 1 rings (SSSR count). The predicted molar refractivity (Wildman–Crippen MR) is 63.2 cm³/mol. The zero-order valence-electron chi connectivity index (χ0n) is 7.20. The quantitative estimate of drug-likeness (QED) is 0.672. The molecule has 14 heavy (non-hydrogen) atoms. The molecule has 5 heteroatoms. The van der Waals surface area contributed by atoms with E-state index in [1.54, 1.807) is 24.3 Å². The first-order chi connectivity index (χ1) is 6.56. The minimum Gasteiger partial charge on any atom is -0.207 e. The maximum absolute atomic E-state index is 11.5. The Balaban J connectivity index is 2.94. The molecule has 0 spiro atoms. The first kappa shape index (κ1) is 11.5. The lowest BCUT2D eigenvalue weighted by molar-refractivity contribution is 0.586. The van der Waals surface area contributed by atoms with E-state index in [0.717, 1.165) is 3.57 Å². The average molecular weight is 321 g/mol. The Bertz CT molecular complexity index is 445. The fourth-order valence-corrected chi connectivity index (χ4v) is 2.13. The molecule has 1 N–H and O–H groups in total. The predicted octanol–water partition coefficient (Wildman–Crippen LogP) is 1.20. The normalized spacial score (nSPS) is 10.9. The smallest absolute Gasteiger partial charge is 0.207 e. The molecule has 0 aliphatic rings. The Morgan fingerprint density at radius 2 is 1.93 bits per heavy atom. The van der Waals surface area contributed by atoms with E-state index in [0.29, 0.717) is 0 Å². The molecular weight excluding hydrogens is 313 g/mol. The van der Waals surface area contributed by atoms with Gasteiger partial charge in [0.1, 0.15) is 0 Å². The maximum atomic E-state index is 11.5. The number of sulfonamides is 1. The lowest BCUT2D eigenvalue weighted by Gasteiger charge is -2.03. The lowest BCUT2D eigenvalue weighted by atomic mass is 10.4. The third-order valence-corrected chi connectivity index (χ3v) is 3.62. The highest BCUT2D eigenvalue weighted by Crippen LogP contribution is 2.11. The first-order valence-electron chi connectivity index (χ1n) is 3.75. The molecule has 0 saturated heterocycles. The molecular formula is C9H8INO2S. The van der Waals surface area contributed by atoms with Crippen LogP contribution < -0.4 is 4.72 Å². The fourth-order valence-electron chi connectivity index (χ4n) is 0.834. The van der Waals surface area contributed by atoms with Crippen molar-refractivity contribution in [1.82, 2.24) is 4.72 Å². The van der Waals surface area contributed by atoms with Crippen molar-refractivity contribution in [3.63, 3.8) is 0 Å². The molecule has 0 atom stereocenters. The molecule has 0 amide bonds. The monoisotopic (exact) mass is 321 g/mol. The fraction of sp³-hybridized carbons (Fsp3) is 0.111. The molecule has 0 fully saturated rings. The van der Waals surface area contributed by atoms with Gasteiger partial charge in [-0.3, -0.25) is 0 Å². The van der Waals surface area contributed by atoms with Crippen LogP contribution in [0.2, 0.25) is 0 Å². The van der Waals surface area contributed by atoms with Gasteiger partial charge in [-0.15, -0.1) is 6.42 Å². The van der Waals surface area contributed by atoms with Gasteiger partial charge < -0.3 is 0 Å². The molecule has 0 aromatic heterocycles. The Kier molecular flexibility index (Phi) is 3.92. The van der Waals surface area contributed by atoms with Crippen molar-refractivity contribution >= 4 is 32.6 Å². The molecule has 0 aliphatic heterocycles. The Hall–Kier alpha value is -0.580. The van der Waals surface area contributed by atoms with Crippen molar-refractivity contribution in [2.45, 2.75) is 4.90 Å². The van der Waals surface area contributed by atoms with E-state index in [-0.39, 0.29) is 11.4 Å². The van der Waals surface area contributed by atoms with Gasteiger partial charge >= 0.3 is 0 Å². The molecule has 74 valence electrons. The number of halogens is 1. The number of terminal acetylenes is 1. The van der Waals surface area contributed by atoms with Gasteiger partial charge in [-0.2, -0.15) is 4.72 Å². The van der Waals surface area contributed by atoms with Crippen molar-refractivity contribution in [2.24, 2.45) is 0 Å². The summed E-state index contributed by atoms with van der Waals surface area (Å²) in [5.74, 6) is 2.21. The molecule has 0 saturated carbocycles. The molecule has 3 nitrogen and oxygen atoms in total. The SMILES string of the molecule is C#CCNS(=O)(=O)c1ccc(I)cc1. The van der Waals surface area contributed by atoms with E-state index in [1.165, 1.54) is 0 Å². The molecule has 0 unspecified atom stereocenters. The van der Waals surface area contributed by atoms with Crippen molar-refractivity contribution in [3.8, 4) is 12.3 Å². The van der Waals surface area contributed by atoms with Crippen LogP contribution in [-0.4, -0.2) is 15.0 Å². The second-order valence-corrected chi connectivity index (χ2v) is 5.50. The van der Waals surface area contributed by atoms with E-state index in [9.17, 15) is 8.42 Å². The zero-order valence-corrected chi connectivity index (χ0v) is 10.2. The number of rotatable bonds is 3. The highest BCUT2D eigenvalue weighted by molar-refractivity contribution is 14.1. The number of hydrogen-bond acceptors (Lipinski definition) is 2. The minimum absolute atomic E-state index is 0.00825. The summed E-state index contributed by atoms with van der Waals surface area (Å²) in [6, 6.07) is 6.54. The number of nitrogens with one attached hydrogen (secondary N) is 1. The third-order valence-electron chi connectivity index (χ3n) is 1.49. The summed E-state index contributed by atoms with van der Waals surface area (Å²) < 4.78 is 26.2. The molecule has 1 aromatic carbocycles. The number of hydrogen-bond donors (Lipinski definition) is 1. The summed E-state index contributed by atoms with van der Waals surface area (Å²) in [7, 11) is -3.44. The largest absolute Gasteiger partial charge is 0.241 e. The minimum atomic E-state index is -3.44. The van der Waals surface area contributed by atoms with Gasteiger partial charge in [0.25, 0.3) is 0 Å². The van der Waals surface area contributed by atoms with E-state index < -0.39 is 10.0 Å². The topological polar surface area (TPSA) is 46.2 Å². The summed E-state index contributed by atoms with van der Waals surface area (Å²) in [5.41, 5.74) is 0. The van der Waals surface area contributed by atoms with Gasteiger partial charge in [-0.25, -0.2) is 8.42 Å². The highest BCUT2D eigenvalue weighted by atomic mass is 127. The summed E-state index contributed by atoms with van der Waals surface area (Å²) in [6.07, 6.45) is 4.96. The van der Waals surface area contributed by atoms with Crippen molar-refractivity contribution in [2.75, 3.05) is 6.54 Å². The van der Waals surface area contributed by atoms with Gasteiger partial charge in [-0.1, -0.05) is 5.92 Å². The van der Waals surface area contributed by atoms with Gasteiger partial charge in [0.05, 0.1) is 11.4 Å². The first-order valence-corrected chi connectivity index (χ1v) is 6.31. The van der Waals surface area contributed by atoms with E-state index in [2.05, 4.69) is 33.2 Å². The summed E-state index contributed by atoms with van der Waals surface area (Å²) in [4.78, 5) is 0.230. The van der Waals surface area contributed by atoms with Crippen molar-refractivity contribution in [3.05, 3.63) is 27.8 Å². The van der Waals surface area contributed by atoms with Gasteiger partial charge in [-0.05, 0) is 46.9 Å². The summed E-state index contributed by atoms with van der Waals surface area (Å²) in [5, 5.41) is 0. The third kappa shape index (κ3) is 2.97. The van der Waals surface area contributed by atoms with Crippen LogP contribution in [0.15, 0.2) is 29.2 Å². The molecule has 0 radical (unpaired) electrons. The summed E-state index contributed by atoms with van der Waals surface area (Å²) in [6.45, 7) is 0.00825. The van der Waals surface area contributed by atoms with E-state index in [1.807, 2.05) is 0 Å². The van der Waals surface area contributed by atoms with Crippen LogP contribution in [0.4, 0.5) is 0 Å². The van der Waals surface area contributed by atoms with Gasteiger partial charge in [0, 0.05) is 3.57 Å². The van der Waals surface area contributed by atoms with Crippen LogP contribution in [-0.2, 0) is 10.0 Å². The van der Waals surface area contributed by atoms with Crippen LogP contribution >= 0.6 is 22.6 Å². The molecule has 1 aromatic rings. The Labute approximate surface area is 97.1 Å². The van der Waals surface area contributed by atoms with Crippen LogP contribution in [0.3, 0.4) is 0 Å². The standard InChI is InChI=1S/C9H8INO2S/c1-2-7-11-14(12,13)9-5-3-8(10)4-6-9/h1,3-6,11H,7H2. The van der Waals surface area contributed by atoms with Crippen LogP contribution in [0.1, 0.15) is 0 Å². The van der Waals surface area contributed by atoms with Gasteiger partial charge in [0.15, 0.2) is 0 Å².